The van der Waals surface area contributed by atoms with Crippen LogP contribution in [0.15, 0.2) is 12.7 Å². The van der Waals surface area contributed by atoms with Crippen molar-refractivity contribution in [3.05, 3.63) is 12.7 Å². The molecule has 0 spiro atoms. The first-order valence-corrected chi connectivity index (χ1v) is 7.10. The number of hydrogen-bond acceptors (Lipinski definition) is 1. The summed E-state index contributed by atoms with van der Waals surface area (Å²) in [5.74, 6) is 0.823. The predicted octanol–water partition coefficient (Wildman–Crippen LogP) is 4.54. The molecule has 0 radical (unpaired) electrons. The number of allylic oxidation sites excluding steroid dienone is 1. The number of unbranched alkanes of at least 4 members (excludes halogenated alkanes) is 3. The Kier molecular flexibility index (Phi) is 11.0. The standard InChI is InChI=1S/C15H31N/c1-5-8-9-10-11-13-15(16-7-3)14(4)12-6-2/h5,14-16H,1,6-13H2,2-4H3. The van der Waals surface area contributed by atoms with Gasteiger partial charge in [-0.2, -0.15) is 0 Å². The predicted molar refractivity (Wildman–Crippen MR) is 74.8 cm³/mol. The molecule has 96 valence electrons. The molecule has 0 aliphatic carbocycles. The Bertz CT molecular complexity index is 154. The number of hydrogen-bond donors (Lipinski definition) is 1. The van der Waals surface area contributed by atoms with Gasteiger partial charge in [-0.3, -0.25) is 0 Å². The maximum atomic E-state index is 3.76. The number of nitrogens with one attached hydrogen (secondary N) is 1. The minimum absolute atomic E-state index is 0.730. The minimum Gasteiger partial charge on any atom is -0.314 e. The van der Waals surface area contributed by atoms with Gasteiger partial charge < -0.3 is 5.32 Å². The van der Waals surface area contributed by atoms with E-state index in [9.17, 15) is 0 Å². The van der Waals surface area contributed by atoms with Crippen LogP contribution in [0.25, 0.3) is 0 Å². The molecule has 0 saturated heterocycles. The molecule has 0 amide bonds. The third-order valence-corrected chi connectivity index (χ3v) is 3.32. The van der Waals surface area contributed by atoms with Gasteiger partial charge in [0.05, 0.1) is 0 Å². The monoisotopic (exact) mass is 225 g/mol. The highest BCUT2D eigenvalue weighted by atomic mass is 14.9. The lowest BCUT2D eigenvalue weighted by molar-refractivity contribution is 0.333. The van der Waals surface area contributed by atoms with Gasteiger partial charge in [-0.1, -0.05) is 46.1 Å². The summed E-state index contributed by atoms with van der Waals surface area (Å²) in [7, 11) is 0. The zero-order chi connectivity index (χ0) is 12.2. The molecule has 0 aromatic rings. The topological polar surface area (TPSA) is 12.0 Å². The molecular formula is C15H31N. The van der Waals surface area contributed by atoms with Crippen molar-refractivity contribution in [2.45, 2.75) is 71.8 Å². The molecule has 0 saturated carbocycles. The highest BCUT2D eigenvalue weighted by Crippen LogP contribution is 2.16. The molecule has 2 atom stereocenters. The van der Waals surface area contributed by atoms with Crippen LogP contribution in [0.4, 0.5) is 0 Å². The third-order valence-electron chi connectivity index (χ3n) is 3.32. The van der Waals surface area contributed by atoms with Crippen LogP contribution in [0.3, 0.4) is 0 Å². The Morgan fingerprint density at radius 1 is 1.12 bits per heavy atom. The van der Waals surface area contributed by atoms with Crippen molar-refractivity contribution >= 4 is 0 Å². The van der Waals surface area contributed by atoms with E-state index in [1.807, 2.05) is 6.08 Å². The van der Waals surface area contributed by atoms with Crippen LogP contribution in [0.2, 0.25) is 0 Å². The Labute approximate surface area is 103 Å². The van der Waals surface area contributed by atoms with Crippen molar-refractivity contribution in [1.29, 1.82) is 0 Å². The van der Waals surface area contributed by atoms with Crippen molar-refractivity contribution in [1.82, 2.24) is 5.32 Å². The second-order valence-electron chi connectivity index (χ2n) is 4.86. The summed E-state index contributed by atoms with van der Waals surface area (Å²) in [6.07, 6.45) is 11.2. The summed E-state index contributed by atoms with van der Waals surface area (Å²) >= 11 is 0. The highest BCUT2D eigenvalue weighted by molar-refractivity contribution is 4.73. The first kappa shape index (κ1) is 15.7. The van der Waals surface area contributed by atoms with Gasteiger partial charge in [-0.15, -0.1) is 6.58 Å². The van der Waals surface area contributed by atoms with Crippen LogP contribution in [0.1, 0.15) is 65.7 Å². The van der Waals surface area contributed by atoms with E-state index >= 15 is 0 Å². The first-order valence-electron chi connectivity index (χ1n) is 7.10. The summed E-state index contributed by atoms with van der Waals surface area (Å²) in [6.45, 7) is 11.7. The quantitative estimate of drug-likeness (QED) is 0.402. The van der Waals surface area contributed by atoms with E-state index < -0.39 is 0 Å². The fourth-order valence-electron chi connectivity index (χ4n) is 2.34. The van der Waals surface area contributed by atoms with Gasteiger partial charge >= 0.3 is 0 Å². The summed E-state index contributed by atoms with van der Waals surface area (Å²) in [5.41, 5.74) is 0. The van der Waals surface area contributed by atoms with Crippen molar-refractivity contribution in [2.75, 3.05) is 6.54 Å². The van der Waals surface area contributed by atoms with Crippen molar-refractivity contribution in [3.8, 4) is 0 Å². The van der Waals surface area contributed by atoms with Gasteiger partial charge in [-0.25, -0.2) is 0 Å². The Balaban J connectivity index is 3.70. The Morgan fingerprint density at radius 3 is 2.44 bits per heavy atom. The molecule has 1 N–H and O–H groups in total. The Morgan fingerprint density at radius 2 is 1.88 bits per heavy atom. The highest BCUT2D eigenvalue weighted by Gasteiger charge is 2.14. The van der Waals surface area contributed by atoms with Crippen LogP contribution in [-0.2, 0) is 0 Å². The molecule has 0 rings (SSSR count). The molecular weight excluding hydrogens is 194 g/mol. The van der Waals surface area contributed by atoms with Gasteiger partial charge in [0.2, 0.25) is 0 Å². The van der Waals surface area contributed by atoms with Crippen molar-refractivity contribution in [2.24, 2.45) is 5.92 Å². The lowest BCUT2D eigenvalue weighted by Crippen LogP contribution is -2.34. The average molecular weight is 225 g/mol. The second-order valence-corrected chi connectivity index (χ2v) is 4.86. The summed E-state index contributed by atoms with van der Waals surface area (Å²) < 4.78 is 0. The van der Waals surface area contributed by atoms with Gasteiger partial charge in [0.1, 0.15) is 0 Å². The SMILES string of the molecule is C=CCCCCCC(NCC)C(C)CCC. The van der Waals surface area contributed by atoms with Gasteiger partial charge in [0.25, 0.3) is 0 Å². The lowest BCUT2D eigenvalue weighted by Gasteiger charge is -2.24. The van der Waals surface area contributed by atoms with Crippen LogP contribution in [0, 0.1) is 5.92 Å². The van der Waals surface area contributed by atoms with E-state index in [0.29, 0.717) is 0 Å². The van der Waals surface area contributed by atoms with Gasteiger partial charge in [-0.05, 0) is 38.1 Å². The molecule has 16 heavy (non-hydrogen) atoms. The van der Waals surface area contributed by atoms with E-state index in [-0.39, 0.29) is 0 Å². The largest absolute Gasteiger partial charge is 0.314 e. The average Bonchev–Trinajstić information content (AvgIpc) is 2.27. The summed E-state index contributed by atoms with van der Waals surface area (Å²) in [4.78, 5) is 0. The molecule has 0 heterocycles. The van der Waals surface area contributed by atoms with Gasteiger partial charge in [0.15, 0.2) is 0 Å². The minimum atomic E-state index is 0.730. The molecule has 0 fully saturated rings. The zero-order valence-corrected chi connectivity index (χ0v) is 11.6. The summed E-state index contributed by atoms with van der Waals surface area (Å²) in [6, 6.07) is 0.730. The first-order chi connectivity index (χ1) is 7.76. The maximum Gasteiger partial charge on any atom is 0.00925 e. The van der Waals surface area contributed by atoms with Crippen LogP contribution in [-0.4, -0.2) is 12.6 Å². The maximum absolute atomic E-state index is 3.76. The lowest BCUT2D eigenvalue weighted by atomic mass is 9.92. The van der Waals surface area contributed by atoms with Crippen LogP contribution in [0.5, 0.6) is 0 Å². The molecule has 2 unspecified atom stereocenters. The zero-order valence-electron chi connectivity index (χ0n) is 11.6. The van der Waals surface area contributed by atoms with Crippen LogP contribution < -0.4 is 5.32 Å². The second kappa shape index (κ2) is 11.2. The van der Waals surface area contributed by atoms with Crippen LogP contribution >= 0.6 is 0 Å². The van der Waals surface area contributed by atoms with E-state index in [4.69, 9.17) is 0 Å². The fourth-order valence-corrected chi connectivity index (χ4v) is 2.34. The van der Waals surface area contributed by atoms with E-state index in [1.54, 1.807) is 0 Å². The number of rotatable bonds is 11. The summed E-state index contributed by atoms with van der Waals surface area (Å²) in [5, 5.41) is 3.64. The normalized spacial score (nSPS) is 14.7. The van der Waals surface area contributed by atoms with E-state index in [1.165, 1.54) is 44.9 Å². The molecule has 0 aromatic carbocycles. The molecule has 0 aromatic heterocycles. The van der Waals surface area contributed by atoms with E-state index in [2.05, 4.69) is 32.7 Å². The van der Waals surface area contributed by atoms with Crippen molar-refractivity contribution < 1.29 is 0 Å². The van der Waals surface area contributed by atoms with E-state index in [0.717, 1.165) is 18.5 Å². The molecule has 1 nitrogen and oxygen atoms in total. The molecule has 0 bridgehead atoms. The fraction of sp³-hybridized carbons (Fsp3) is 0.867. The smallest absolute Gasteiger partial charge is 0.00925 e. The Hall–Kier alpha value is -0.300. The molecule has 1 heteroatoms. The molecule has 0 aliphatic rings. The van der Waals surface area contributed by atoms with Crippen molar-refractivity contribution in [3.63, 3.8) is 0 Å². The molecule has 0 aliphatic heterocycles. The third kappa shape index (κ3) is 7.92. The van der Waals surface area contributed by atoms with Gasteiger partial charge in [0, 0.05) is 6.04 Å².